The fraction of sp³-hybridized carbons (Fsp3) is 0.250. The van der Waals surface area contributed by atoms with Crippen molar-refractivity contribution < 1.29 is 9.47 Å². The average molecular weight is 310 g/mol. The van der Waals surface area contributed by atoms with E-state index < -0.39 is 0 Å². The van der Waals surface area contributed by atoms with E-state index in [1.807, 2.05) is 25.2 Å². The number of aromatic nitrogens is 2. The molecule has 0 spiro atoms. The van der Waals surface area contributed by atoms with Gasteiger partial charge in [0.25, 0.3) is 0 Å². The van der Waals surface area contributed by atoms with Gasteiger partial charge in [0.15, 0.2) is 11.5 Å². The lowest BCUT2D eigenvalue weighted by atomic mass is 10.1. The first kappa shape index (κ1) is 11.4. The predicted octanol–water partition coefficient (Wildman–Crippen LogP) is 2.20. The maximum absolute atomic E-state index is 5.80. The van der Waals surface area contributed by atoms with Crippen molar-refractivity contribution in [1.82, 2.24) is 9.78 Å². The SMILES string of the molecule is Cn1nc(-c2ccc(Br)c3c2OCCO3)cc1N. The Hall–Kier alpha value is -1.69. The standard InChI is InChI=1S/C12H12BrN3O2/c1-16-10(14)6-9(15-16)7-2-3-8(13)12-11(7)17-4-5-18-12/h2-3,6H,4-5,14H2,1H3. The molecule has 0 aliphatic carbocycles. The summed E-state index contributed by atoms with van der Waals surface area (Å²) in [5.41, 5.74) is 7.47. The van der Waals surface area contributed by atoms with Crippen LogP contribution in [0.25, 0.3) is 11.3 Å². The van der Waals surface area contributed by atoms with Crippen LogP contribution in [0.3, 0.4) is 0 Å². The molecule has 1 aliphatic rings. The smallest absolute Gasteiger partial charge is 0.176 e. The number of anilines is 1. The number of halogens is 1. The molecule has 0 fully saturated rings. The number of rotatable bonds is 1. The van der Waals surface area contributed by atoms with E-state index in [2.05, 4.69) is 21.0 Å². The second kappa shape index (κ2) is 4.20. The normalized spacial score (nSPS) is 13.7. The zero-order chi connectivity index (χ0) is 12.7. The van der Waals surface area contributed by atoms with Crippen LogP contribution < -0.4 is 15.2 Å². The summed E-state index contributed by atoms with van der Waals surface area (Å²) in [6.45, 7) is 1.10. The van der Waals surface area contributed by atoms with Crippen LogP contribution in [0.2, 0.25) is 0 Å². The summed E-state index contributed by atoms with van der Waals surface area (Å²) >= 11 is 3.45. The van der Waals surface area contributed by atoms with Crippen molar-refractivity contribution in [2.45, 2.75) is 0 Å². The van der Waals surface area contributed by atoms with Crippen molar-refractivity contribution in [3.8, 4) is 22.8 Å². The zero-order valence-electron chi connectivity index (χ0n) is 9.81. The number of ether oxygens (including phenoxy) is 2. The van der Waals surface area contributed by atoms with E-state index >= 15 is 0 Å². The van der Waals surface area contributed by atoms with Gasteiger partial charge in [-0.25, -0.2) is 0 Å². The van der Waals surface area contributed by atoms with Crippen LogP contribution in [-0.2, 0) is 7.05 Å². The predicted molar refractivity (Wildman–Crippen MR) is 71.7 cm³/mol. The second-order valence-corrected chi connectivity index (χ2v) is 4.88. The largest absolute Gasteiger partial charge is 0.485 e. The molecule has 6 heteroatoms. The number of hydrogen-bond donors (Lipinski definition) is 1. The number of hydrogen-bond acceptors (Lipinski definition) is 4. The van der Waals surface area contributed by atoms with E-state index in [1.165, 1.54) is 0 Å². The Kier molecular flexibility index (Phi) is 2.66. The monoisotopic (exact) mass is 309 g/mol. The number of nitrogen functional groups attached to an aromatic ring is 1. The molecule has 0 radical (unpaired) electrons. The van der Waals surface area contributed by atoms with Gasteiger partial charge < -0.3 is 15.2 Å². The summed E-state index contributed by atoms with van der Waals surface area (Å²) in [5.74, 6) is 2.05. The molecule has 2 heterocycles. The topological polar surface area (TPSA) is 62.3 Å². The van der Waals surface area contributed by atoms with Crippen LogP contribution >= 0.6 is 15.9 Å². The van der Waals surface area contributed by atoms with Crippen LogP contribution in [0.4, 0.5) is 5.82 Å². The lowest BCUT2D eigenvalue weighted by molar-refractivity contribution is 0.171. The first-order valence-electron chi connectivity index (χ1n) is 5.55. The lowest BCUT2D eigenvalue weighted by Crippen LogP contribution is -2.16. The van der Waals surface area contributed by atoms with Gasteiger partial charge >= 0.3 is 0 Å². The fourth-order valence-corrected chi connectivity index (χ4v) is 2.35. The molecule has 0 amide bonds. The summed E-state index contributed by atoms with van der Waals surface area (Å²) in [5, 5.41) is 4.36. The summed E-state index contributed by atoms with van der Waals surface area (Å²) in [6, 6.07) is 5.69. The van der Waals surface area contributed by atoms with Crippen molar-refractivity contribution >= 4 is 21.7 Å². The van der Waals surface area contributed by atoms with Crippen molar-refractivity contribution in [2.24, 2.45) is 7.05 Å². The molecular weight excluding hydrogens is 298 g/mol. The Balaban J connectivity index is 2.18. The van der Waals surface area contributed by atoms with Crippen LogP contribution in [-0.4, -0.2) is 23.0 Å². The number of benzene rings is 1. The molecule has 5 nitrogen and oxygen atoms in total. The highest BCUT2D eigenvalue weighted by Gasteiger charge is 2.21. The molecular formula is C12H12BrN3O2. The minimum atomic E-state index is 0.540. The van der Waals surface area contributed by atoms with Gasteiger partial charge in [-0.3, -0.25) is 4.68 Å². The zero-order valence-corrected chi connectivity index (χ0v) is 11.4. The highest BCUT2D eigenvalue weighted by atomic mass is 79.9. The maximum atomic E-state index is 5.80. The lowest BCUT2D eigenvalue weighted by Gasteiger charge is -2.21. The van der Waals surface area contributed by atoms with E-state index in [1.54, 1.807) is 4.68 Å². The van der Waals surface area contributed by atoms with Gasteiger partial charge in [0.1, 0.15) is 19.0 Å². The third kappa shape index (κ3) is 1.73. The molecule has 0 atom stereocenters. The van der Waals surface area contributed by atoms with E-state index in [9.17, 15) is 0 Å². The van der Waals surface area contributed by atoms with Gasteiger partial charge in [0.05, 0.1) is 10.2 Å². The van der Waals surface area contributed by atoms with Crippen LogP contribution in [0.5, 0.6) is 11.5 Å². The molecule has 94 valence electrons. The van der Waals surface area contributed by atoms with Gasteiger partial charge in [0, 0.05) is 18.7 Å². The third-order valence-electron chi connectivity index (χ3n) is 2.83. The highest BCUT2D eigenvalue weighted by molar-refractivity contribution is 9.10. The van der Waals surface area contributed by atoms with Crippen LogP contribution in [0.1, 0.15) is 0 Å². The quantitative estimate of drug-likeness (QED) is 0.877. The van der Waals surface area contributed by atoms with E-state index in [0.29, 0.717) is 24.8 Å². The molecule has 0 bridgehead atoms. The Labute approximate surface area is 113 Å². The van der Waals surface area contributed by atoms with Gasteiger partial charge in [-0.1, -0.05) is 0 Å². The Morgan fingerprint density at radius 3 is 2.67 bits per heavy atom. The van der Waals surface area contributed by atoms with Crippen molar-refractivity contribution in [2.75, 3.05) is 18.9 Å². The summed E-state index contributed by atoms with van der Waals surface area (Å²) in [6.07, 6.45) is 0. The molecule has 1 aromatic heterocycles. The molecule has 2 aromatic rings. The molecule has 1 aliphatic heterocycles. The Morgan fingerprint density at radius 1 is 1.28 bits per heavy atom. The van der Waals surface area contributed by atoms with Crippen LogP contribution in [0.15, 0.2) is 22.7 Å². The van der Waals surface area contributed by atoms with Gasteiger partial charge in [-0.05, 0) is 28.1 Å². The number of nitrogens with zero attached hydrogens (tertiary/aromatic N) is 2. The molecule has 3 rings (SSSR count). The van der Waals surface area contributed by atoms with Gasteiger partial charge in [-0.15, -0.1) is 0 Å². The molecule has 18 heavy (non-hydrogen) atoms. The maximum Gasteiger partial charge on any atom is 0.176 e. The summed E-state index contributed by atoms with van der Waals surface area (Å²) in [4.78, 5) is 0. The number of aryl methyl sites for hydroxylation is 1. The molecule has 0 saturated carbocycles. The number of fused-ring (bicyclic) bond motifs is 1. The number of nitrogens with two attached hydrogens (primary N) is 1. The first-order valence-corrected chi connectivity index (χ1v) is 6.34. The van der Waals surface area contributed by atoms with E-state index in [-0.39, 0.29) is 0 Å². The van der Waals surface area contributed by atoms with E-state index in [0.717, 1.165) is 21.5 Å². The van der Waals surface area contributed by atoms with Gasteiger partial charge in [-0.2, -0.15) is 5.10 Å². The average Bonchev–Trinajstić information content (AvgIpc) is 2.70. The molecule has 0 unspecified atom stereocenters. The van der Waals surface area contributed by atoms with E-state index in [4.69, 9.17) is 15.2 Å². The molecule has 2 N–H and O–H groups in total. The highest BCUT2D eigenvalue weighted by Crippen LogP contribution is 2.44. The molecule has 0 saturated heterocycles. The van der Waals surface area contributed by atoms with Crippen molar-refractivity contribution in [3.63, 3.8) is 0 Å². The van der Waals surface area contributed by atoms with Crippen molar-refractivity contribution in [1.29, 1.82) is 0 Å². The summed E-state index contributed by atoms with van der Waals surface area (Å²) < 4.78 is 13.8. The Morgan fingerprint density at radius 2 is 2.00 bits per heavy atom. The second-order valence-electron chi connectivity index (χ2n) is 4.03. The summed E-state index contributed by atoms with van der Waals surface area (Å²) in [7, 11) is 1.81. The van der Waals surface area contributed by atoms with Crippen LogP contribution in [0, 0.1) is 0 Å². The molecule has 1 aromatic carbocycles. The first-order chi connectivity index (χ1) is 8.66. The fourth-order valence-electron chi connectivity index (χ4n) is 1.92. The Bertz CT molecular complexity index is 590. The third-order valence-corrected chi connectivity index (χ3v) is 3.46. The minimum Gasteiger partial charge on any atom is -0.485 e. The van der Waals surface area contributed by atoms with Crippen molar-refractivity contribution in [3.05, 3.63) is 22.7 Å². The minimum absolute atomic E-state index is 0.540. The van der Waals surface area contributed by atoms with Gasteiger partial charge in [0.2, 0.25) is 0 Å².